The fraction of sp³-hybridized carbons (Fsp3) is 0.306. The summed E-state index contributed by atoms with van der Waals surface area (Å²) < 4.78 is 5.97. The van der Waals surface area contributed by atoms with Crippen molar-refractivity contribution in [2.45, 2.75) is 44.1 Å². The zero-order valence-electron chi connectivity index (χ0n) is 24.5. The first-order valence-corrected chi connectivity index (χ1v) is 15.1. The summed E-state index contributed by atoms with van der Waals surface area (Å²) >= 11 is 0. The number of nitriles is 2. The van der Waals surface area contributed by atoms with Crippen molar-refractivity contribution in [2.24, 2.45) is 0 Å². The number of pyridine rings is 1. The number of hydrogen-bond donors (Lipinski definition) is 0. The molecule has 2 amide bonds. The van der Waals surface area contributed by atoms with E-state index in [0.717, 1.165) is 30.4 Å². The standard InChI is InChI=1S/C36H33N5O3/c37-22-26-8-7-9-27(18-26)24-44-33-21-31-29(23-39-33)19-28(20-32(31)35(43)40-14-5-2-6-15-40)34(42)41-16-12-36(25-38,13-17-41)30-10-3-1-4-11-30/h1,3-4,7-11,18-21,23H,2,5-6,12-17,24H2. The molecule has 8 nitrogen and oxygen atoms in total. The van der Waals surface area contributed by atoms with Crippen LogP contribution in [0.3, 0.4) is 0 Å². The molecule has 0 bridgehead atoms. The maximum atomic E-state index is 13.9. The molecular weight excluding hydrogens is 550 g/mol. The Labute approximate surface area is 257 Å². The van der Waals surface area contributed by atoms with E-state index in [1.54, 1.807) is 41.4 Å². The predicted octanol–water partition coefficient (Wildman–Crippen LogP) is 6.01. The second-order valence-electron chi connectivity index (χ2n) is 11.6. The van der Waals surface area contributed by atoms with Crippen molar-refractivity contribution in [3.05, 3.63) is 107 Å². The number of carbonyl (C=O) groups excluding carboxylic acids is 2. The number of rotatable bonds is 6. The molecule has 2 fully saturated rings. The van der Waals surface area contributed by atoms with Gasteiger partial charge in [-0.05, 0) is 67.5 Å². The van der Waals surface area contributed by atoms with E-state index in [4.69, 9.17) is 4.74 Å². The van der Waals surface area contributed by atoms with E-state index in [2.05, 4.69) is 17.1 Å². The summed E-state index contributed by atoms with van der Waals surface area (Å²) in [5.74, 6) is 0.0998. The van der Waals surface area contributed by atoms with Crippen LogP contribution in [-0.2, 0) is 12.0 Å². The van der Waals surface area contributed by atoms with Crippen LogP contribution in [0.4, 0.5) is 0 Å². The first kappa shape index (κ1) is 28.9. The second-order valence-corrected chi connectivity index (χ2v) is 11.6. The Morgan fingerprint density at radius 2 is 1.59 bits per heavy atom. The van der Waals surface area contributed by atoms with Crippen molar-refractivity contribution in [3.63, 3.8) is 0 Å². The number of benzene rings is 3. The molecular formula is C36H33N5O3. The third-order valence-electron chi connectivity index (χ3n) is 8.82. The molecule has 220 valence electrons. The van der Waals surface area contributed by atoms with Crippen molar-refractivity contribution in [1.82, 2.24) is 14.8 Å². The van der Waals surface area contributed by atoms with E-state index in [1.165, 1.54) is 0 Å². The molecule has 3 aromatic carbocycles. The molecule has 0 radical (unpaired) electrons. The number of nitrogens with zero attached hydrogens (tertiary/aromatic N) is 5. The van der Waals surface area contributed by atoms with Crippen LogP contribution in [0, 0.1) is 22.7 Å². The molecule has 0 saturated carbocycles. The minimum Gasteiger partial charge on any atom is -0.473 e. The summed E-state index contributed by atoms with van der Waals surface area (Å²) in [4.78, 5) is 35.9. The van der Waals surface area contributed by atoms with Gasteiger partial charge >= 0.3 is 0 Å². The Hall–Kier alpha value is -5.21. The topological polar surface area (TPSA) is 110 Å². The number of amides is 2. The van der Waals surface area contributed by atoms with Crippen LogP contribution < -0.4 is 4.74 Å². The molecule has 0 N–H and O–H groups in total. The number of carbonyl (C=O) groups is 2. The van der Waals surface area contributed by atoms with E-state index < -0.39 is 5.41 Å². The van der Waals surface area contributed by atoms with Crippen LogP contribution in [0.1, 0.15) is 69.5 Å². The molecule has 2 aliphatic rings. The molecule has 3 heterocycles. The van der Waals surface area contributed by atoms with Crippen LogP contribution in [0.5, 0.6) is 5.88 Å². The molecule has 0 spiro atoms. The van der Waals surface area contributed by atoms with Gasteiger partial charge in [0.1, 0.15) is 6.61 Å². The predicted molar refractivity (Wildman–Crippen MR) is 166 cm³/mol. The van der Waals surface area contributed by atoms with Gasteiger partial charge in [0, 0.05) is 60.3 Å². The molecule has 2 saturated heterocycles. The maximum absolute atomic E-state index is 13.9. The molecule has 0 atom stereocenters. The fourth-order valence-corrected chi connectivity index (χ4v) is 6.27. The summed E-state index contributed by atoms with van der Waals surface area (Å²) in [5.41, 5.74) is 2.65. The lowest BCUT2D eigenvalue weighted by molar-refractivity contribution is 0.0692. The van der Waals surface area contributed by atoms with E-state index >= 15 is 0 Å². The highest BCUT2D eigenvalue weighted by molar-refractivity contribution is 6.10. The number of fused-ring (bicyclic) bond motifs is 1. The largest absolute Gasteiger partial charge is 0.473 e. The lowest BCUT2D eigenvalue weighted by Crippen LogP contribution is -2.44. The van der Waals surface area contributed by atoms with Gasteiger partial charge in [-0.3, -0.25) is 9.59 Å². The summed E-state index contributed by atoms with van der Waals surface area (Å²) in [6.07, 6.45) is 5.75. The second kappa shape index (κ2) is 12.6. The molecule has 8 heteroatoms. The van der Waals surface area contributed by atoms with Gasteiger partial charge in [-0.1, -0.05) is 42.5 Å². The Morgan fingerprint density at radius 3 is 2.32 bits per heavy atom. The van der Waals surface area contributed by atoms with Crippen LogP contribution in [-0.4, -0.2) is 52.8 Å². The van der Waals surface area contributed by atoms with E-state index in [1.807, 2.05) is 47.4 Å². The minimum absolute atomic E-state index is 0.102. The molecule has 1 aromatic heterocycles. The van der Waals surface area contributed by atoms with Crippen molar-refractivity contribution in [3.8, 4) is 18.0 Å². The molecule has 6 rings (SSSR count). The highest BCUT2D eigenvalue weighted by atomic mass is 16.5. The monoisotopic (exact) mass is 583 g/mol. The van der Waals surface area contributed by atoms with Gasteiger partial charge in [0.25, 0.3) is 11.8 Å². The molecule has 0 unspecified atom stereocenters. The zero-order valence-corrected chi connectivity index (χ0v) is 24.5. The summed E-state index contributed by atoms with van der Waals surface area (Å²) in [6.45, 7) is 2.50. The average Bonchev–Trinajstić information content (AvgIpc) is 3.10. The van der Waals surface area contributed by atoms with Gasteiger partial charge < -0.3 is 14.5 Å². The van der Waals surface area contributed by atoms with Gasteiger partial charge in [-0.25, -0.2) is 4.98 Å². The third-order valence-corrected chi connectivity index (χ3v) is 8.82. The maximum Gasteiger partial charge on any atom is 0.254 e. The lowest BCUT2D eigenvalue weighted by atomic mass is 9.74. The Kier molecular flexibility index (Phi) is 8.25. The van der Waals surface area contributed by atoms with Gasteiger partial charge in [0.2, 0.25) is 5.88 Å². The number of hydrogen-bond acceptors (Lipinski definition) is 6. The third kappa shape index (κ3) is 5.85. The van der Waals surface area contributed by atoms with E-state index in [9.17, 15) is 20.1 Å². The van der Waals surface area contributed by atoms with Crippen molar-refractivity contribution in [2.75, 3.05) is 26.2 Å². The van der Waals surface area contributed by atoms with Crippen LogP contribution in [0.2, 0.25) is 0 Å². The normalized spacial score (nSPS) is 16.1. The molecule has 0 aliphatic carbocycles. The highest BCUT2D eigenvalue weighted by Gasteiger charge is 2.38. The lowest BCUT2D eigenvalue weighted by Gasteiger charge is -2.37. The Morgan fingerprint density at radius 1 is 0.841 bits per heavy atom. The summed E-state index contributed by atoms with van der Waals surface area (Å²) in [6, 6.07) is 26.9. The first-order valence-electron chi connectivity index (χ1n) is 15.1. The van der Waals surface area contributed by atoms with E-state index in [0.29, 0.717) is 72.4 Å². The molecule has 4 aromatic rings. The number of likely N-dealkylation sites (tertiary alicyclic amines) is 2. The van der Waals surface area contributed by atoms with Crippen LogP contribution >= 0.6 is 0 Å². The zero-order chi connectivity index (χ0) is 30.5. The van der Waals surface area contributed by atoms with Crippen molar-refractivity contribution >= 4 is 22.6 Å². The van der Waals surface area contributed by atoms with Crippen molar-refractivity contribution < 1.29 is 14.3 Å². The summed E-state index contributed by atoms with van der Waals surface area (Å²) in [7, 11) is 0. The SMILES string of the molecule is N#Cc1cccc(COc2cc3c(C(=O)N4CCCCC4)cc(C(=O)N4CCC(C#N)(c5ccccc5)CC4)cc3cn2)c1. The smallest absolute Gasteiger partial charge is 0.254 e. The van der Waals surface area contributed by atoms with E-state index in [-0.39, 0.29) is 18.4 Å². The molecule has 2 aliphatic heterocycles. The van der Waals surface area contributed by atoms with Gasteiger partial charge in [-0.15, -0.1) is 0 Å². The number of aromatic nitrogens is 1. The first-order chi connectivity index (χ1) is 21.5. The highest BCUT2D eigenvalue weighted by Crippen LogP contribution is 2.36. The quantitative estimate of drug-likeness (QED) is 0.275. The Bertz CT molecular complexity index is 1780. The average molecular weight is 584 g/mol. The molecule has 44 heavy (non-hydrogen) atoms. The van der Waals surface area contributed by atoms with Crippen LogP contribution in [0.25, 0.3) is 10.8 Å². The minimum atomic E-state index is -0.618. The van der Waals surface area contributed by atoms with Crippen LogP contribution in [0.15, 0.2) is 79.0 Å². The number of piperidine rings is 2. The van der Waals surface area contributed by atoms with Gasteiger partial charge in [0.05, 0.1) is 23.1 Å². The fourth-order valence-electron chi connectivity index (χ4n) is 6.27. The Balaban J connectivity index is 1.28. The van der Waals surface area contributed by atoms with Crippen molar-refractivity contribution in [1.29, 1.82) is 10.5 Å². The van der Waals surface area contributed by atoms with Gasteiger partial charge in [0.15, 0.2) is 0 Å². The summed E-state index contributed by atoms with van der Waals surface area (Å²) in [5, 5.41) is 20.7. The number of ether oxygens (including phenoxy) is 1. The van der Waals surface area contributed by atoms with Gasteiger partial charge in [-0.2, -0.15) is 10.5 Å².